The summed E-state index contributed by atoms with van der Waals surface area (Å²) < 4.78 is 61.8. The lowest BCUT2D eigenvalue weighted by Gasteiger charge is -2.20. The molecule has 0 aromatic heterocycles. The van der Waals surface area contributed by atoms with Crippen LogP contribution in [0.5, 0.6) is 34.5 Å². The number of hydrogen-bond acceptors (Lipinski definition) is 10. The van der Waals surface area contributed by atoms with Crippen LogP contribution in [0.25, 0.3) is 0 Å². The normalized spacial score (nSPS) is 11.4. The van der Waals surface area contributed by atoms with E-state index in [4.69, 9.17) is 28.4 Å². The summed E-state index contributed by atoms with van der Waals surface area (Å²) in [5.74, 6) is -1.69. The first-order chi connectivity index (χ1) is 18.7. The first-order valence-electron chi connectivity index (χ1n) is 12.5. The molecular formula is C28H34O10S. The molecule has 0 aliphatic carbocycles. The fraction of sp³-hybridized carbons (Fsp3) is 0.357. The topological polar surface area (TPSA) is 124 Å². The molecule has 10 nitrogen and oxygen atoms in total. The molecule has 0 unspecified atom stereocenters. The van der Waals surface area contributed by atoms with E-state index in [2.05, 4.69) is 0 Å². The molecule has 2 aromatic rings. The average Bonchev–Trinajstić information content (AvgIpc) is 2.88. The molecule has 2 aromatic carbocycles. The maximum absolute atomic E-state index is 14.1. The molecular weight excluding hydrogens is 528 g/mol. The van der Waals surface area contributed by atoms with Crippen molar-refractivity contribution in [2.24, 2.45) is 0 Å². The maximum atomic E-state index is 14.1. The molecule has 0 aliphatic rings. The zero-order chi connectivity index (χ0) is 29.0. The summed E-state index contributed by atoms with van der Waals surface area (Å²) in [4.78, 5) is 23.7. The van der Waals surface area contributed by atoms with Crippen molar-refractivity contribution in [3.8, 4) is 34.5 Å². The number of ether oxygens (including phenoxy) is 6. The monoisotopic (exact) mass is 562 g/mol. The Bertz CT molecular complexity index is 1230. The third kappa shape index (κ3) is 7.53. The summed E-state index contributed by atoms with van der Waals surface area (Å²) in [7, 11) is -4.36. The Labute approximate surface area is 229 Å². The maximum Gasteiger partial charge on any atom is 0.335 e. The first kappa shape index (κ1) is 31.2. The van der Waals surface area contributed by atoms with Gasteiger partial charge < -0.3 is 28.4 Å². The molecule has 212 valence electrons. The molecule has 0 fully saturated rings. The lowest BCUT2D eigenvalue weighted by atomic mass is 10.3. The van der Waals surface area contributed by atoms with Crippen LogP contribution in [-0.4, -0.2) is 46.8 Å². The van der Waals surface area contributed by atoms with Crippen LogP contribution in [-0.2, 0) is 19.4 Å². The molecule has 0 spiro atoms. The SMILES string of the molecule is CC=CC(=O)Oc1ccc(S(=O)(=O)c2ccc(OC(=O)C=CC)c(OCC)c2OCC)c(OCC)c1OCC. The minimum atomic E-state index is -4.36. The molecule has 0 radical (unpaired) electrons. The van der Waals surface area contributed by atoms with Crippen LogP contribution in [0.3, 0.4) is 0 Å². The number of carbonyl (C=O) groups excluding carboxylic acids is 2. The number of sulfone groups is 1. The Morgan fingerprint density at radius 3 is 1.26 bits per heavy atom. The highest BCUT2D eigenvalue weighted by Gasteiger charge is 2.33. The molecule has 2 rings (SSSR count). The second kappa shape index (κ2) is 14.8. The highest BCUT2D eigenvalue weighted by Crippen LogP contribution is 2.48. The zero-order valence-corrected chi connectivity index (χ0v) is 23.8. The highest BCUT2D eigenvalue weighted by atomic mass is 32.2. The minimum Gasteiger partial charge on any atom is -0.489 e. The van der Waals surface area contributed by atoms with Crippen molar-refractivity contribution < 1.29 is 46.4 Å². The van der Waals surface area contributed by atoms with E-state index >= 15 is 0 Å². The van der Waals surface area contributed by atoms with Crippen LogP contribution >= 0.6 is 0 Å². The number of rotatable bonds is 14. The van der Waals surface area contributed by atoms with Crippen molar-refractivity contribution >= 4 is 21.8 Å². The predicted octanol–water partition coefficient (Wildman–Crippen LogP) is 5.08. The Hall–Kier alpha value is -3.99. The molecule has 0 saturated heterocycles. The summed E-state index contributed by atoms with van der Waals surface area (Å²) in [6.45, 7) is 10.5. The van der Waals surface area contributed by atoms with Crippen LogP contribution in [0.1, 0.15) is 41.5 Å². The number of carbonyl (C=O) groups is 2. The lowest BCUT2D eigenvalue weighted by Crippen LogP contribution is -2.13. The molecule has 0 amide bonds. The van der Waals surface area contributed by atoms with Crippen molar-refractivity contribution in [3.63, 3.8) is 0 Å². The van der Waals surface area contributed by atoms with Crippen LogP contribution in [0.4, 0.5) is 0 Å². The van der Waals surface area contributed by atoms with Gasteiger partial charge in [0.25, 0.3) is 0 Å². The fourth-order valence-electron chi connectivity index (χ4n) is 3.44. The molecule has 0 aliphatic heterocycles. The smallest absolute Gasteiger partial charge is 0.335 e. The van der Waals surface area contributed by atoms with Crippen molar-refractivity contribution in [2.45, 2.75) is 51.3 Å². The van der Waals surface area contributed by atoms with Gasteiger partial charge in [-0.05, 0) is 65.8 Å². The summed E-state index contributed by atoms with van der Waals surface area (Å²) in [5.41, 5.74) is 0. The van der Waals surface area contributed by atoms with E-state index in [-0.39, 0.29) is 70.7 Å². The van der Waals surface area contributed by atoms with Gasteiger partial charge in [-0.2, -0.15) is 0 Å². The summed E-state index contributed by atoms with van der Waals surface area (Å²) in [6, 6.07) is 5.16. The van der Waals surface area contributed by atoms with Gasteiger partial charge in [-0.3, -0.25) is 0 Å². The Morgan fingerprint density at radius 2 is 0.949 bits per heavy atom. The van der Waals surface area contributed by atoms with E-state index < -0.39 is 21.8 Å². The quantitative estimate of drug-likeness (QED) is 0.175. The van der Waals surface area contributed by atoms with E-state index in [9.17, 15) is 18.0 Å². The van der Waals surface area contributed by atoms with Crippen molar-refractivity contribution in [3.05, 3.63) is 48.6 Å². The zero-order valence-electron chi connectivity index (χ0n) is 22.9. The van der Waals surface area contributed by atoms with E-state index in [0.29, 0.717) is 0 Å². The number of hydrogen-bond donors (Lipinski definition) is 0. The van der Waals surface area contributed by atoms with Gasteiger partial charge in [0.05, 0.1) is 26.4 Å². The lowest BCUT2D eigenvalue weighted by molar-refractivity contribution is -0.130. The van der Waals surface area contributed by atoms with Gasteiger partial charge in [-0.25, -0.2) is 18.0 Å². The summed E-state index contributed by atoms with van der Waals surface area (Å²) >= 11 is 0. The van der Waals surface area contributed by atoms with E-state index in [1.807, 2.05) is 0 Å². The molecule has 11 heteroatoms. The van der Waals surface area contributed by atoms with Gasteiger partial charge in [0.2, 0.25) is 21.3 Å². The Balaban J connectivity index is 2.83. The number of esters is 2. The van der Waals surface area contributed by atoms with Crippen molar-refractivity contribution in [1.82, 2.24) is 0 Å². The van der Waals surface area contributed by atoms with Crippen LogP contribution in [0.15, 0.2) is 58.4 Å². The third-order valence-corrected chi connectivity index (χ3v) is 6.64. The minimum absolute atomic E-state index is 0.00590. The Kier molecular flexibility index (Phi) is 11.9. The van der Waals surface area contributed by atoms with Gasteiger partial charge in [0, 0.05) is 12.2 Å². The van der Waals surface area contributed by atoms with Crippen LogP contribution in [0.2, 0.25) is 0 Å². The van der Waals surface area contributed by atoms with Gasteiger partial charge in [-0.1, -0.05) is 12.2 Å². The van der Waals surface area contributed by atoms with E-state index in [1.54, 1.807) is 41.5 Å². The fourth-order valence-corrected chi connectivity index (χ4v) is 4.96. The third-order valence-electron chi connectivity index (χ3n) is 4.84. The number of allylic oxidation sites excluding steroid dienone is 2. The van der Waals surface area contributed by atoms with Gasteiger partial charge >= 0.3 is 11.9 Å². The van der Waals surface area contributed by atoms with Crippen molar-refractivity contribution in [1.29, 1.82) is 0 Å². The van der Waals surface area contributed by atoms with Gasteiger partial charge in [0.15, 0.2) is 23.0 Å². The van der Waals surface area contributed by atoms with E-state index in [1.165, 1.54) is 48.6 Å². The van der Waals surface area contributed by atoms with Crippen LogP contribution < -0.4 is 28.4 Å². The molecule has 0 bridgehead atoms. The number of benzene rings is 2. The van der Waals surface area contributed by atoms with Crippen molar-refractivity contribution in [2.75, 3.05) is 26.4 Å². The summed E-state index contributed by atoms with van der Waals surface area (Å²) in [5, 5.41) is 0. The van der Waals surface area contributed by atoms with Crippen LogP contribution in [0, 0.1) is 0 Å². The largest absolute Gasteiger partial charge is 0.489 e. The predicted molar refractivity (Wildman–Crippen MR) is 144 cm³/mol. The molecule has 0 saturated carbocycles. The second-order valence-corrected chi connectivity index (χ2v) is 9.40. The standard InChI is InChI=1S/C28H34O10S/c1-7-13-23(29)37-19-15-17-21(27(35-11-5)25(19)33-9-3)39(31,32)22-18-16-20(38-24(30)14-8-2)26(34-10-4)28(22)36-12-6/h7-8,13-18H,9-12H2,1-6H3. The molecule has 0 atom stereocenters. The molecule has 0 heterocycles. The summed E-state index contributed by atoms with van der Waals surface area (Å²) in [6.07, 6.45) is 5.45. The van der Waals surface area contributed by atoms with Gasteiger partial charge in [0.1, 0.15) is 9.79 Å². The molecule has 39 heavy (non-hydrogen) atoms. The Morgan fingerprint density at radius 1 is 0.615 bits per heavy atom. The highest BCUT2D eigenvalue weighted by molar-refractivity contribution is 7.91. The van der Waals surface area contributed by atoms with Gasteiger partial charge in [-0.15, -0.1) is 0 Å². The van der Waals surface area contributed by atoms with E-state index in [0.717, 1.165) is 0 Å². The molecule has 0 N–H and O–H groups in total. The first-order valence-corrected chi connectivity index (χ1v) is 14.0. The second-order valence-electron chi connectivity index (χ2n) is 7.52. The average molecular weight is 563 g/mol.